The smallest absolute Gasteiger partial charge is 0.350 e. The van der Waals surface area contributed by atoms with Crippen molar-refractivity contribution in [1.29, 1.82) is 0 Å². The van der Waals surface area contributed by atoms with Crippen LogP contribution in [0, 0.1) is 5.92 Å². The minimum atomic E-state index is -1.20. The minimum absolute atomic E-state index is 0.160. The van der Waals surface area contributed by atoms with Crippen LogP contribution in [0.5, 0.6) is 0 Å². The molecule has 0 aromatic carbocycles. The quantitative estimate of drug-likeness (QED) is 0.502. The van der Waals surface area contributed by atoms with E-state index in [9.17, 15) is 9.59 Å². The standard InChI is InChI=1S/C11H20O4/c1-8(2)6-9(3)15-10(13)11(4,5)14-7-12/h7-9H,6H2,1-5H3. The first kappa shape index (κ1) is 13.9. The van der Waals surface area contributed by atoms with Gasteiger partial charge in [-0.15, -0.1) is 0 Å². The van der Waals surface area contributed by atoms with E-state index in [1.54, 1.807) is 0 Å². The van der Waals surface area contributed by atoms with Gasteiger partial charge in [-0.3, -0.25) is 4.79 Å². The summed E-state index contributed by atoms with van der Waals surface area (Å²) in [4.78, 5) is 21.7. The van der Waals surface area contributed by atoms with Gasteiger partial charge in [0, 0.05) is 0 Å². The molecule has 0 heterocycles. The molecule has 1 atom stereocenters. The summed E-state index contributed by atoms with van der Waals surface area (Å²) in [5, 5.41) is 0. The Morgan fingerprint density at radius 3 is 2.27 bits per heavy atom. The predicted octanol–water partition coefficient (Wildman–Crippen LogP) is 1.92. The first-order valence-electron chi connectivity index (χ1n) is 5.12. The molecule has 0 aromatic rings. The molecule has 0 rings (SSSR count). The van der Waals surface area contributed by atoms with Crippen molar-refractivity contribution in [2.75, 3.05) is 0 Å². The van der Waals surface area contributed by atoms with Crippen molar-refractivity contribution in [3.05, 3.63) is 0 Å². The van der Waals surface area contributed by atoms with Crippen molar-refractivity contribution < 1.29 is 19.1 Å². The van der Waals surface area contributed by atoms with Crippen LogP contribution in [0.15, 0.2) is 0 Å². The van der Waals surface area contributed by atoms with Crippen LogP contribution in [-0.4, -0.2) is 24.1 Å². The van der Waals surface area contributed by atoms with Crippen LogP contribution in [-0.2, 0) is 19.1 Å². The Balaban J connectivity index is 4.17. The highest BCUT2D eigenvalue weighted by Crippen LogP contribution is 2.14. The Labute approximate surface area is 90.9 Å². The molecule has 4 nitrogen and oxygen atoms in total. The molecule has 0 bridgehead atoms. The van der Waals surface area contributed by atoms with Crippen LogP contribution in [0.25, 0.3) is 0 Å². The van der Waals surface area contributed by atoms with Gasteiger partial charge in [0.1, 0.15) is 0 Å². The zero-order valence-corrected chi connectivity index (χ0v) is 10.1. The Hall–Kier alpha value is -1.06. The van der Waals surface area contributed by atoms with Gasteiger partial charge in [0.25, 0.3) is 6.47 Å². The second kappa shape index (κ2) is 5.73. The first-order valence-corrected chi connectivity index (χ1v) is 5.12. The van der Waals surface area contributed by atoms with Gasteiger partial charge in [-0.25, -0.2) is 4.79 Å². The number of hydrogen-bond acceptors (Lipinski definition) is 4. The lowest BCUT2D eigenvalue weighted by Crippen LogP contribution is -2.38. The van der Waals surface area contributed by atoms with E-state index in [0.717, 1.165) is 6.42 Å². The molecule has 0 spiro atoms. The zero-order valence-electron chi connectivity index (χ0n) is 10.1. The molecule has 0 aliphatic rings. The molecule has 1 unspecified atom stereocenters. The summed E-state index contributed by atoms with van der Waals surface area (Å²) in [6, 6.07) is 0. The van der Waals surface area contributed by atoms with Crippen molar-refractivity contribution >= 4 is 12.4 Å². The van der Waals surface area contributed by atoms with E-state index in [0.29, 0.717) is 5.92 Å². The molecule has 0 aromatic heterocycles. The highest BCUT2D eigenvalue weighted by Gasteiger charge is 2.32. The van der Waals surface area contributed by atoms with Gasteiger partial charge in [0.2, 0.25) is 5.60 Å². The van der Waals surface area contributed by atoms with E-state index in [2.05, 4.69) is 18.6 Å². The highest BCUT2D eigenvalue weighted by molar-refractivity contribution is 5.79. The fourth-order valence-corrected chi connectivity index (χ4v) is 1.20. The van der Waals surface area contributed by atoms with E-state index in [1.165, 1.54) is 13.8 Å². The molecule has 0 radical (unpaired) electrons. The number of carbonyl (C=O) groups is 2. The van der Waals surface area contributed by atoms with Crippen molar-refractivity contribution in [2.24, 2.45) is 5.92 Å². The molecular weight excluding hydrogens is 196 g/mol. The van der Waals surface area contributed by atoms with Gasteiger partial charge in [0.05, 0.1) is 6.10 Å². The molecular formula is C11H20O4. The monoisotopic (exact) mass is 216 g/mol. The third-order valence-electron chi connectivity index (χ3n) is 1.95. The van der Waals surface area contributed by atoms with Crippen molar-refractivity contribution in [3.63, 3.8) is 0 Å². The van der Waals surface area contributed by atoms with Crippen LogP contribution in [0.2, 0.25) is 0 Å². The van der Waals surface area contributed by atoms with Gasteiger partial charge >= 0.3 is 5.97 Å². The van der Waals surface area contributed by atoms with Crippen LogP contribution in [0.3, 0.4) is 0 Å². The number of ether oxygens (including phenoxy) is 2. The maximum absolute atomic E-state index is 11.5. The number of hydrogen-bond donors (Lipinski definition) is 0. The number of carbonyl (C=O) groups excluding carboxylic acids is 2. The molecule has 0 saturated heterocycles. The summed E-state index contributed by atoms with van der Waals surface area (Å²) >= 11 is 0. The Morgan fingerprint density at radius 1 is 1.33 bits per heavy atom. The SMILES string of the molecule is CC(C)CC(C)OC(=O)C(C)(C)OC=O. The molecule has 0 amide bonds. The summed E-state index contributed by atoms with van der Waals surface area (Å²) < 4.78 is 9.80. The Kier molecular flexibility index (Phi) is 5.33. The third-order valence-corrected chi connectivity index (χ3v) is 1.95. The fraction of sp³-hybridized carbons (Fsp3) is 0.818. The predicted molar refractivity (Wildman–Crippen MR) is 56.2 cm³/mol. The summed E-state index contributed by atoms with van der Waals surface area (Å²) in [5.74, 6) is -0.0503. The van der Waals surface area contributed by atoms with Crippen molar-refractivity contribution in [1.82, 2.24) is 0 Å². The van der Waals surface area contributed by atoms with E-state index in [-0.39, 0.29) is 12.6 Å². The second-order valence-electron chi connectivity index (χ2n) is 4.57. The second-order valence-corrected chi connectivity index (χ2v) is 4.57. The van der Waals surface area contributed by atoms with Gasteiger partial charge in [0.15, 0.2) is 0 Å². The van der Waals surface area contributed by atoms with Gasteiger partial charge in [-0.2, -0.15) is 0 Å². The summed E-state index contributed by atoms with van der Waals surface area (Å²) in [6.45, 7) is 9.20. The summed E-state index contributed by atoms with van der Waals surface area (Å²) in [6.07, 6.45) is 0.634. The molecule has 0 aliphatic carbocycles. The lowest BCUT2D eigenvalue weighted by Gasteiger charge is -2.23. The molecule has 4 heteroatoms. The zero-order chi connectivity index (χ0) is 12.1. The molecule has 0 fully saturated rings. The van der Waals surface area contributed by atoms with E-state index in [1.807, 2.05) is 6.92 Å². The van der Waals surface area contributed by atoms with E-state index < -0.39 is 11.6 Å². The fourth-order valence-electron chi connectivity index (χ4n) is 1.20. The largest absolute Gasteiger partial charge is 0.460 e. The molecule has 0 aliphatic heterocycles. The number of esters is 1. The van der Waals surface area contributed by atoms with Crippen molar-refractivity contribution in [3.8, 4) is 0 Å². The van der Waals surface area contributed by atoms with Gasteiger partial charge in [-0.1, -0.05) is 13.8 Å². The lowest BCUT2D eigenvalue weighted by atomic mass is 10.1. The summed E-state index contributed by atoms with van der Waals surface area (Å²) in [5.41, 5.74) is -1.20. The molecule has 15 heavy (non-hydrogen) atoms. The maximum atomic E-state index is 11.5. The third kappa shape index (κ3) is 5.40. The van der Waals surface area contributed by atoms with Crippen LogP contribution < -0.4 is 0 Å². The normalized spacial score (nSPS) is 13.5. The lowest BCUT2D eigenvalue weighted by molar-refractivity contribution is -0.176. The maximum Gasteiger partial charge on any atom is 0.350 e. The van der Waals surface area contributed by atoms with Gasteiger partial charge < -0.3 is 9.47 Å². The summed E-state index contributed by atoms with van der Waals surface area (Å²) in [7, 11) is 0. The Bertz CT molecular complexity index is 221. The van der Waals surface area contributed by atoms with Crippen LogP contribution in [0.4, 0.5) is 0 Å². The molecule has 88 valence electrons. The Morgan fingerprint density at radius 2 is 1.87 bits per heavy atom. The molecule has 0 saturated carbocycles. The van der Waals surface area contributed by atoms with E-state index in [4.69, 9.17) is 4.74 Å². The topological polar surface area (TPSA) is 52.6 Å². The molecule has 0 N–H and O–H groups in total. The van der Waals surface area contributed by atoms with Crippen molar-refractivity contribution in [2.45, 2.75) is 52.7 Å². The minimum Gasteiger partial charge on any atom is -0.460 e. The highest BCUT2D eigenvalue weighted by atomic mass is 16.6. The van der Waals surface area contributed by atoms with Crippen LogP contribution >= 0.6 is 0 Å². The average molecular weight is 216 g/mol. The van der Waals surface area contributed by atoms with E-state index >= 15 is 0 Å². The van der Waals surface area contributed by atoms with Crippen LogP contribution in [0.1, 0.15) is 41.0 Å². The number of rotatable bonds is 6. The average Bonchev–Trinajstić information content (AvgIpc) is 2.01. The van der Waals surface area contributed by atoms with Gasteiger partial charge in [-0.05, 0) is 33.1 Å². The first-order chi connectivity index (χ1) is 6.79.